The van der Waals surface area contributed by atoms with Gasteiger partial charge in [-0.15, -0.1) is 0 Å². The van der Waals surface area contributed by atoms with Crippen molar-refractivity contribution in [1.82, 2.24) is 14.6 Å². The average molecular weight is 394 g/mol. The minimum atomic E-state index is -3.51. The molecule has 8 nitrogen and oxygen atoms in total. The maximum absolute atomic E-state index is 12.5. The van der Waals surface area contributed by atoms with E-state index in [0.717, 1.165) is 5.56 Å². The fourth-order valence-electron chi connectivity index (χ4n) is 2.84. The molecule has 0 aromatic heterocycles. The monoisotopic (exact) mass is 394 g/mol. The fourth-order valence-corrected chi connectivity index (χ4v) is 4.30. The number of benzene rings is 1. The zero-order chi connectivity index (χ0) is 20.2. The van der Waals surface area contributed by atoms with Gasteiger partial charge in [0.25, 0.3) is 5.91 Å². The molecule has 27 heavy (non-hydrogen) atoms. The lowest BCUT2D eigenvalue weighted by molar-refractivity contribution is -0.130. The summed E-state index contributed by atoms with van der Waals surface area (Å²) in [6, 6.07) is 6.17. The van der Waals surface area contributed by atoms with Crippen molar-refractivity contribution >= 4 is 27.5 Å². The van der Waals surface area contributed by atoms with E-state index in [1.165, 1.54) is 16.4 Å². The molecule has 2 rings (SSSR count). The molecule has 0 saturated heterocycles. The molecule has 2 amide bonds. The Morgan fingerprint density at radius 1 is 1.22 bits per heavy atom. The van der Waals surface area contributed by atoms with Gasteiger partial charge in [0, 0.05) is 33.0 Å². The zero-order valence-electron chi connectivity index (χ0n) is 16.1. The largest absolute Gasteiger partial charge is 0.344 e. The molecule has 1 aromatic rings. The Hall–Kier alpha value is -2.26. The van der Waals surface area contributed by atoms with E-state index >= 15 is 0 Å². The predicted octanol–water partition coefficient (Wildman–Crippen LogP) is 1.50. The molecule has 1 heterocycles. The topological polar surface area (TPSA) is 99.2 Å². The lowest BCUT2D eigenvalue weighted by Gasteiger charge is -2.21. The van der Waals surface area contributed by atoms with Gasteiger partial charge in [-0.05, 0) is 24.6 Å². The second-order valence-electron chi connectivity index (χ2n) is 6.32. The first-order chi connectivity index (χ1) is 12.7. The van der Waals surface area contributed by atoms with E-state index in [1.54, 1.807) is 38.1 Å². The summed E-state index contributed by atoms with van der Waals surface area (Å²) >= 11 is 0. The minimum absolute atomic E-state index is 0.121. The number of sulfonamides is 1. The van der Waals surface area contributed by atoms with Crippen LogP contribution < -0.4 is 5.32 Å². The van der Waals surface area contributed by atoms with Crippen LogP contribution in [0, 0.1) is 0 Å². The van der Waals surface area contributed by atoms with E-state index in [2.05, 4.69) is 10.4 Å². The summed E-state index contributed by atoms with van der Waals surface area (Å²) in [5.41, 5.74) is 1.09. The summed E-state index contributed by atoms with van der Waals surface area (Å²) in [5, 5.41) is 8.01. The number of amides is 2. The second-order valence-corrected chi connectivity index (χ2v) is 8.26. The summed E-state index contributed by atoms with van der Waals surface area (Å²) < 4.78 is 26.4. The van der Waals surface area contributed by atoms with Crippen LogP contribution in [-0.4, -0.2) is 55.4 Å². The molecule has 0 spiro atoms. The highest BCUT2D eigenvalue weighted by Gasteiger charge is 2.24. The average Bonchev–Trinajstić information content (AvgIpc) is 2.64. The van der Waals surface area contributed by atoms with Gasteiger partial charge in [0.15, 0.2) is 0 Å². The fraction of sp³-hybridized carbons (Fsp3) is 0.500. The van der Waals surface area contributed by atoms with E-state index in [-0.39, 0.29) is 29.2 Å². The van der Waals surface area contributed by atoms with Crippen molar-refractivity contribution in [2.45, 2.75) is 44.6 Å². The third kappa shape index (κ3) is 4.72. The van der Waals surface area contributed by atoms with Crippen molar-refractivity contribution in [3.05, 3.63) is 29.8 Å². The molecule has 1 atom stereocenters. The highest BCUT2D eigenvalue weighted by Crippen LogP contribution is 2.19. The Bertz CT molecular complexity index is 829. The van der Waals surface area contributed by atoms with Crippen LogP contribution in [0.25, 0.3) is 0 Å². The summed E-state index contributed by atoms with van der Waals surface area (Å²) in [7, 11) is -1.98. The van der Waals surface area contributed by atoms with Crippen molar-refractivity contribution < 1.29 is 18.0 Å². The molecular weight excluding hydrogens is 368 g/mol. The number of hydrazone groups is 1. The van der Waals surface area contributed by atoms with Gasteiger partial charge in [-0.1, -0.05) is 26.0 Å². The van der Waals surface area contributed by atoms with Gasteiger partial charge in [-0.2, -0.15) is 9.41 Å². The van der Waals surface area contributed by atoms with E-state index in [9.17, 15) is 18.0 Å². The van der Waals surface area contributed by atoms with Crippen LogP contribution in [-0.2, 0) is 19.6 Å². The minimum Gasteiger partial charge on any atom is -0.344 e. The van der Waals surface area contributed by atoms with Crippen LogP contribution >= 0.6 is 0 Å². The molecule has 1 aromatic carbocycles. The van der Waals surface area contributed by atoms with Gasteiger partial charge < -0.3 is 5.32 Å². The Labute approximate surface area is 160 Å². The van der Waals surface area contributed by atoms with Gasteiger partial charge >= 0.3 is 0 Å². The van der Waals surface area contributed by atoms with E-state index in [1.807, 2.05) is 6.92 Å². The SMILES string of the molecule is CCN(CC)S(=O)(=O)c1ccc([C@@H](C)NC(=O)C2=NN(C)C(=O)CC2)cc1. The van der Waals surface area contributed by atoms with Gasteiger partial charge in [-0.25, -0.2) is 13.4 Å². The normalized spacial score (nSPS) is 16.3. The lowest BCUT2D eigenvalue weighted by atomic mass is 10.1. The Kier molecular flexibility index (Phi) is 6.72. The number of rotatable bonds is 7. The molecule has 0 saturated carbocycles. The number of nitrogens with zero attached hydrogens (tertiary/aromatic N) is 3. The van der Waals surface area contributed by atoms with Crippen LogP contribution in [0.3, 0.4) is 0 Å². The number of carbonyl (C=O) groups excluding carboxylic acids is 2. The van der Waals surface area contributed by atoms with Gasteiger partial charge in [-0.3, -0.25) is 9.59 Å². The molecule has 0 unspecified atom stereocenters. The van der Waals surface area contributed by atoms with Crippen LogP contribution in [0.15, 0.2) is 34.3 Å². The Balaban J connectivity index is 2.10. The lowest BCUT2D eigenvalue weighted by Crippen LogP contribution is -2.38. The van der Waals surface area contributed by atoms with Crippen LogP contribution in [0.5, 0.6) is 0 Å². The summed E-state index contributed by atoms with van der Waals surface area (Å²) in [6.45, 7) is 6.22. The van der Waals surface area contributed by atoms with Crippen molar-refractivity contribution in [3.63, 3.8) is 0 Å². The van der Waals surface area contributed by atoms with Gasteiger partial charge in [0.2, 0.25) is 15.9 Å². The van der Waals surface area contributed by atoms with Crippen molar-refractivity contribution in [3.8, 4) is 0 Å². The molecule has 0 radical (unpaired) electrons. The molecule has 148 valence electrons. The van der Waals surface area contributed by atoms with Crippen LogP contribution in [0.2, 0.25) is 0 Å². The standard InChI is InChI=1S/C18H26N4O4S/c1-5-22(6-2)27(25,26)15-9-7-14(8-10-15)13(3)19-18(24)16-11-12-17(23)21(4)20-16/h7-10,13H,5-6,11-12H2,1-4H3,(H,19,24)/t13-/m1/s1. The molecule has 0 bridgehead atoms. The molecule has 1 aliphatic heterocycles. The van der Waals surface area contributed by atoms with E-state index in [0.29, 0.717) is 25.2 Å². The maximum Gasteiger partial charge on any atom is 0.267 e. The van der Waals surface area contributed by atoms with Crippen molar-refractivity contribution in [2.75, 3.05) is 20.1 Å². The van der Waals surface area contributed by atoms with Crippen molar-refractivity contribution in [2.24, 2.45) is 5.10 Å². The number of hydrogen-bond acceptors (Lipinski definition) is 5. The number of nitrogens with one attached hydrogen (secondary N) is 1. The summed E-state index contributed by atoms with van der Waals surface area (Å²) in [4.78, 5) is 24.0. The van der Waals surface area contributed by atoms with E-state index in [4.69, 9.17) is 0 Å². The molecular formula is C18H26N4O4S. The first-order valence-electron chi connectivity index (χ1n) is 8.95. The highest BCUT2D eigenvalue weighted by atomic mass is 32.2. The number of hydrogen-bond donors (Lipinski definition) is 1. The first-order valence-corrected chi connectivity index (χ1v) is 10.4. The summed E-state index contributed by atoms with van der Waals surface area (Å²) in [6.07, 6.45) is 0.567. The highest BCUT2D eigenvalue weighted by molar-refractivity contribution is 7.89. The summed E-state index contributed by atoms with van der Waals surface area (Å²) in [5.74, 6) is -0.453. The van der Waals surface area contributed by atoms with Crippen LogP contribution in [0.1, 0.15) is 45.2 Å². The quantitative estimate of drug-likeness (QED) is 0.757. The van der Waals surface area contributed by atoms with Gasteiger partial charge in [0.1, 0.15) is 5.71 Å². The Morgan fingerprint density at radius 3 is 2.33 bits per heavy atom. The molecule has 1 N–H and O–H groups in total. The smallest absolute Gasteiger partial charge is 0.267 e. The van der Waals surface area contributed by atoms with E-state index < -0.39 is 10.0 Å². The Morgan fingerprint density at radius 2 is 1.81 bits per heavy atom. The molecule has 0 aliphatic carbocycles. The third-order valence-electron chi connectivity index (χ3n) is 4.54. The van der Waals surface area contributed by atoms with Crippen molar-refractivity contribution in [1.29, 1.82) is 0 Å². The first kappa shape index (κ1) is 21.0. The number of carbonyl (C=O) groups is 2. The molecule has 9 heteroatoms. The molecule has 0 fully saturated rings. The van der Waals surface area contributed by atoms with Crippen LogP contribution in [0.4, 0.5) is 0 Å². The second kappa shape index (κ2) is 8.62. The van der Waals surface area contributed by atoms with Gasteiger partial charge in [0.05, 0.1) is 10.9 Å². The predicted molar refractivity (Wildman–Crippen MR) is 103 cm³/mol. The third-order valence-corrected chi connectivity index (χ3v) is 6.60. The molecule has 1 aliphatic rings. The maximum atomic E-state index is 12.5. The zero-order valence-corrected chi connectivity index (χ0v) is 16.9.